The molecule has 1 aliphatic heterocycles. The average Bonchev–Trinajstić information content (AvgIpc) is 2.92. The van der Waals surface area contributed by atoms with E-state index in [4.69, 9.17) is 5.73 Å². The van der Waals surface area contributed by atoms with E-state index >= 15 is 0 Å². The molecule has 1 unspecified atom stereocenters. The molecule has 4 nitrogen and oxygen atoms in total. The van der Waals surface area contributed by atoms with Crippen LogP contribution in [-0.4, -0.2) is 26.5 Å². The van der Waals surface area contributed by atoms with E-state index in [1.807, 2.05) is 17.8 Å². The Hall–Kier alpha value is -0.0800. The molecule has 2 rings (SSSR count). The van der Waals surface area contributed by atoms with Crippen LogP contribution in [-0.2, 0) is 16.6 Å². The molecule has 1 aromatic rings. The van der Waals surface area contributed by atoms with Gasteiger partial charge in [0.1, 0.15) is 0 Å². The van der Waals surface area contributed by atoms with Gasteiger partial charge in [-0.25, -0.2) is 13.1 Å². The Labute approximate surface area is 133 Å². The van der Waals surface area contributed by atoms with Crippen LogP contribution in [0.4, 0.5) is 0 Å². The van der Waals surface area contributed by atoms with Crippen molar-refractivity contribution in [1.82, 2.24) is 4.72 Å². The van der Waals surface area contributed by atoms with Gasteiger partial charge in [-0.15, -0.1) is 0 Å². The molecule has 0 spiro atoms. The Morgan fingerprint density at radius 3 is 2.85 bits per heavy atom. The van der Waals surface area contributed by atoms with E-state index in [0.29, 0.717) is 23.9 Å². The van der Waals surface area contributed by atoms with E-state index in [1.54, 1.807) is 13.0 Å². The summed E-state index contributed by atoms with van der Waals surface area (Å²) >= 11 is 5.28. The van der Waals surface area contributed by atoms with Crippen LogP contribution in [0.15, 0.2) is 21.5 Å². The lowest BCUT2D eigenvalue weighted by atomic mass is 10.1. The predicted octanol–water partition coefficient (Wildman–Crippen LogP) is 2.25. The summed E-state index contributed by atoms with van der Waals surface area (Å²) in [5, 5.41) is 0. The molecule has 7 heteroatoms. The third-order valence-electron chi connectivity index (χ3n) is 3.47. The second-order valence-electron chi connectivity index (χ2n) is 4.99. The summed E-state index contributed by atoms with van der Waals surface area (Å²) in [5.74, 6) is 2.60. The zero-order valence-corrected chi connectivity index (χ0v) is 14.6. The summed E-state index contributed by atoms with van der Waals surface area (Å²) in [4.78, 5) is 0.318. The molecule has 0 aliphatic carbocycles. The highest BCUT2D eigenvalue weighted by molar-refractivity contribution is 9.10. The predicted molar refractivity (Wildman–Crippen MR) is 87.4 cm³/mol. The molecule has 1 aliphatic rings. The van der Waals surface area contributed by atoms with Crippen molar-refractivity contribution >= 4 is 37.7 Å². The van der Waals surface area contributed by atoms with Gasteiger partial charge in [-0.2, -0.15) is 11.8 Å². The second kappa shape index (κ2) is 6.79. The highest BCUT2D eigenvalue weighted by atomic mass is 79.9. The summed E-state index contributed by atoms with van der Waals surface area (Å²) in [7, 11) is -3.48. The Kier molecular flexibility index (Phi) is 5.53. The molecule has 1 fully saturated rings. The third-order valence-corrected chi connectivity index (χ3v) is 7.07. The fourth-order valence-electron chi connectivity index (χ4n) is 2.15. The number of hydrogen-bond acceptors (Lipinski definition) is 4. The highest BCUT2D eigenvalue weighted by Gasteiger charge is 2.22. The van der Waals surface area contributed by atoms with Crippen molar-refractivity contribution in [3.8, 4) is 0 Å². The highest BCUT2D eigenvalue weighted by Crippen LogP contribution is 2.27. The van der Waals surface area contributed by atoms with E-state index in [0.717, 1.165) is 33.5 Å². The van der Waals surface area contributed by atoms with Crippen molar-refractivity contribution in [1.29, 1.82) is 0 Å². The number of benzene rings is 1. The van der Waals surface area contributed by atoms with E-state index in [-0.39, 0.29) is 0 Å². The molecular formula is C13H19BrN2O2S2. The first-order valence-corrected chi connectivity index (χ1v) is 9.93. The fraction of sp³-hybridized carbons (Fsp3) is 0.538. The van der Waals surface area contributed by atoms with Gasteiger partial charge in [0, 0.05) is 17.6 Å². The third kappa shape index (κ3) is 3.76. The zero-order valence-electron chi connectivity index (χ0n) is 11.4. The van der Waals surface area contributed by atoms with Gasteiger partial charge in [-0.1, -0.05) is 15.9 Å². The van der Waals surface area contributed by atoms with Crippen molar-refractivity contribution in [2.75, 3.05) is 18.1 Å². The SMILES string of the molecule is Cc1c(Br)cc(CN)cc1S(=O)(=O)NCC1CCSC1. The largest absolute Gasteiger partial charge is 0.326 e. The Morgan fingerprint density at radius 1 is 1.50 bits per heavy atom. The summed E-state index contributed by atoms with van der Waals surface area (Å²) in [6.07, 6.45) is 1.08. The topological polar surface area (TPSA) is 72.2 Å². The number of hydrogen-bond donors (Lipinski definition) is 2. The zero-order chi connectivity index (χ0) is 14.8. The molecular weight excluding hydrogens is 360 g/mol. The molecule has 20 heavy (non-hydrogen) atoms. The van der Waals surface area contributed by atoms with Crippen LogP contribution < -0.4 is 10.5 Å². The quantitative estimate of drug-likeness (QED) is 0.823. The molecule has 0 radical (unpaired) electrons. The molecule has 0 aromatic heterocycles. The van der Waals surface area contributed by atoms with Crippen LogP contribution in [0.2, 0.25) is 0 Å². The van der Waals surface area contributed by atoms with Crippen LogP contribution in [0, 0.1) is 12.8 Å². The van der Waals surface area contributed by atoms with Crippen LogP contribution in [0.25, 0.3) is 0 Å². The lowest BCUT2D eigenvalue weighted by Gasteiger charge is -2.14. The van der Waals surface area contributed by atoms with Gasteiger partial charge in [-0.05, 0) is 54.0 Å². The van der Waals surface area contributed by atoms with Crippen molar-refractivity contribution in [2.24, 2.45) is 11.7 Å². The van der Waals surface area contributed by atoms with Gasteiger partial charge in [-0.3, -0.25) is 0 Å². The number of sulfonamides is 1. The van der Waals surface area contributed by atoms with Gasteiger partial charge in [0.2, 0.25) is 10.0 Å². The van der Waals surface area contributed by atoms with Gasteiger partial charge in [0.05, 0.1) is 4.90 Å². The first-order chi connectivity index (χ1) is 9.44. The van der Waals surface area contributed by atoms with E-state index in [9.17, 15) is 8.42 Å². The van der Waals surface area contributed by atoms with E-state index in [1.165, 1.54) is 0 Å². The maximum absolute atomic E-state index is 12.5. The molecule has 112 valence electrons. The Bertz CT molecular complexity index is 584. The minimum Gasteiger partial charge on any atom is -0.326 e. The molecule has 1 saturated heterocycles. The first-order valence-electron chi connectivity index (χ1n) is 6.50. The van der Waals surface area contributed by atoms with Gasteiger partial charge in [0.25, 0.3) is 0 Å². The standard InChI is InChI=1S/C13H19BrN2O2S2/c1-9-12(14)4-11(6-15)5-13(9)20(17,18)16-7-10-2-3-19-8-10/h4-5,10,16H,2-3,6-8,15H2,1H3. The molecule has 0 amide bonds. The van der Waals surface area contributed by atoms with Crippen molar-refractivity contribution in [3.05, 3.63) is 27.7 Å². The first kappa shape index (κ1) is 16.3. The van der Waals surface area contributed by atoms with Crippen LogP contribution >= 0.6 is 27.7 Å². The molecule has 0 bridgehead atoms. The van der Waals surface area contributed by atoms with Crippen molar-refractivity contribution in [3.63, 3.8) is 0 Å². The lowest BCUT2D eigenvalue weighted by Crippen LogP contribution is -2.30. The molecule has 3 N–H and O–H groups in total. The number of nitrogens with two attached hydrogens (primary N) is 1. The van der Waals surface area contributed by atoms with Crippen LogP contribution in [0.5, 0.6) is 0 Å². The van der Waals surface area contributed by atoms with E-state index < -0.39 is 10.0 Å². The number of nitrogens with one attached hydrogen (secondary N) is 1. The Morgan fingerprint density at radius 2 is 2.25 bits per heavy atom. The monoisotopic (exact) mass is 378 g/mol. The fourth-order valence-corrected chi connectivity index (χ4v) is 5.51. The summed E-state index contributed by atoms with van der Waals surface area (Å²) < 4.78 is 28.4. The smallest absolute Gasteiger partial charge is 0.240 e. The lowest BCUT2D eigenvalue weighted by molar-refractivity contribution is 0.545. The second-order valence-corrected chi connectivity index (χ2v) is 8.73. The van der Waals surface area contributed by atoms with Crippen molar-refractivity contribution in [2.45, 2.75) is 24.8 Å². The number of halogens is 1. The minimum absolute atomic E-state index is 0.318. The maximum Gasteiger partial charge on any atom is 0.240 e. The molecule has 0 saturated carbocycles. The summed E-state index contributed by atoms with van der Waals surface area (Å²) in [6.45, 7) is 2.63. The van der Waals surface area contributed by atoms with Gasteiger partial charge < -0.3 is 5.73 Å². The Balaban J connectivity index is 2.21. The van der Waals surface area contributed by atoms with Crippen molar-refractivity contribution < 1.29 is 8.42 Å². The normalized spacial score (nSPS) is 19.4. The minimum atomic E-state index is -3.48. The summed E-state index contributed by atoms with van der Waals surface area (Å²) in [5.41, 5.74) is 7.14. The molecule has 1 aromatic carbocycles. The molecule has 1 atom stereocenters. The van der Waals surface area contributed by atoms with E-state index in [2.05, 4.69) is 20.7 Å². The van der Waals surface area contributed by atoms with Gasteiger partial charge >= 0.3 is 0 Å². The average molecular weight is 379 g/mol. The molecule has 1 heterocycles. The summed E-state index contributed by atoms with van der Waals surface area (Å²) in [6, 6.07) is 3.52. The maximum atomic E-state index is 12.5. The van der Waals surface area contributed by atoms with Gasteiger partial charge in [0.15, 0.2) is 0 Å². The number of rotatable bonds is 5. The van der Waals surface area contributed by atoms with Crippen LogP contribution in [0.1, 0.15) is 17.5 Å². The number of thioether (sulfide) groups is 1. The van der Waals surface area contributed by atoms with Crippen LogP contribution in [0.3, 0.4) is 0 Å².